The summed E-state index contributed by atoms with van der Waals surface area (Å²) in [4.78, 5) is 21.5. The van der Waals surface area contributed by atoms with Gasteiger partial charge in [0.2, 0.25) is 5.91 Å². The van der Waals surface area contributed by atoms with E-state index in [1.165, 1.54) is 26.2 Å². The number of carbonyl (C=O) groups is 2. The SMILES string of the molecule is CC(=O)CC(=O)NCC1CCC1. The molecule has 0 unspecified atom stereocenters. The molecular formula is C9H15NO2. The van der Waals surface area contributed by atoms with Crippen molar-refractivity contribution in [3.05, 3.63) is 0 Å². The molecule has 0 spiro atoms. The highest BCUT2D eigenvalue weighted by Gasteiger charge is 2.17. The van der Waals surface area contributed by atoms with Gasteiger partial charge in [-0.25, -0.2) is 0 Å². The standard InChI is InChI=1S/C9H15NO2/c1-7(11)5-9(12)10-6-8-3-2-4-8/h8H,2-6H2,1H3,(H,10,12). The minimum Gasteiger partial charge on any atom is -0.355 e. The van der Waals surface area contributed by atoms with Crippen molar-refractivity contribution < 1.29 is 9.59 Å². The lowest BCUT2D eigenvalue weighted by molar-refractivity contribution is -0.127. The van der Waals surface area contributed by atoms with Gasteiger partial charge in [0, 0.05) is 6.54 Å². The molecule has 0 aromatic heterocycles. The average molecular weight is 169 g/mol. The molecule has 1 aliphatic carbocycles. The second-order valence-electron chi connectivity index (χ2n) is 3.48. The van der Waals surface area contributed by atoms with E-state index >= 15 is 0 Å². The number of Topliss-reactive ketones (excluding diaryl/α,β-unsaturated/α-hetero) is 1. The number of amides is 1. The Morgan fingerprint density at radius 3 is 2.50 bits per heavy atom. The molecule has 3 nitrogen and oxygen atoms in total. The first kappa shape index (κ1) is 9.23. The molecule has 0 aromatic carbocycles. The molecule has 12 heavy (non-hydrogen) atoms. The molecular weight excluding hydrogens is 154 g/mol. The van der Waals surface area contributed by atoms with E-state index in [0.717, 1.165) is 6.54 Å². The number of hydrogen-bond donors (Lipinski definition) is 1. The fourth-order valence-electron chi connectivity index (χ4n) is 1.24. The molecule has 0 bridgehead atoms. The Kier molecular flexibility index (Phi) is 3.26. The summed E-state index contributed by atoms with van der Waals surface area (Å²) in [6, 6.07) is 0. The maximum absolute atomic E-state index is 11.0. The van der Waals surface area contributed by atoms with E-state index in [-0.39, 0.29) is 18.1 Å². The molecule has 0 saturated heterocycles. The predicted octanol–water partition coefficient (Wildman–Crippen LogP) is 0.882. The number of nitrogens with one attached hydrogen (secondary N) is 1. The number of hydrogen-bond acceptors (Lipinski definition) is 2. The summed E-state index contributed by atoms with van der Waals surface area (Å²) in [5.41, 5.74) is 0. The van der Waals surface area contributed by atoms with Crippen LogP contribution in [0.2, 0.25) is 0 Å². The first-order valence-electron chi connectivity index (χ1n) is 4.44. The van der Waals surface area contributed by atoms with Crippen LogP contribution in [0.5, 0.6) is 0 Å². The highest BCUT2D eigenvalue weighted by Crippen LogP contribution is 2.24. The van der Waals surface area contributed by atoms with Gasteiger partial charge in [-0.15, -0.1) is 0 Å². The molecule has 1 aliphatic rings. The average Bonchev–Trinajstić information content (AvgIpc) is 1.81. The van der Waals surface area contributed by atoms with Gasteiger partial charge >= 0.3 is 0 Å². The molecule has 68 valence electrons. The second-order valence-corrected chi connectivity index (χ2v) is 3.48. The van der Waals surface area contributed by atoms with E-state index in [1.54, 1.807) is 0 Å². The minimum absolute atomic E-state index is 0.0344. The van der Waals surface area contributed by atoms with E-state index in [2.05, 4.69) is 5.32 Å². The van der Waals surface area contributed by atoms with Crippen LogP contribution in [-0.2, 0) is 9.59 Å². The van der Waals surface area contributed by atoms with Crippen LogP contribution >= 0.6 is 0 Å². The van der Waals surface area contributed by atoms with Crippen molar-refractivity contribution >= 4 is 11.7 Å². The van der Waals surface area contributed by atoms with Crippen molar-refractivity contribution in [3.63, 3.8) is 0 Å². The van der Waals surface area contributed by atoms with Crippen LogP contribution in [0.3, 0.4) is 0 Å². The molecule has 1 fully saturated rings. The van der Waals surface area contributed by atoms with Crippen LogP contribution in [0.25, 0.3) is 0 Å². The smallest absolute Gasteiger partial charge is 0.227 e. The van der Waals surface area contributed by atoms with E-state index in [1.807, 2.05) is 0 Å². The summed E-state index contributed by atoms with van der Waals surface area (Å²) < 4.78 is 0. The normalized spacial score (nSPS) is 16.8. The van der Waals surface area contributed by atoms with Gasteiger partial charge in [0.05, 0.1) is 6.42 Å². The highest BCUT2D eigenvalue weighted by atomic mass is 16.2. The maximum Gasteiger partial charge on any atom is 0.227 e. The van der Waals surface area contributed by atoms with Crippen molar-refractivity contribution in [2.75, 3.05) is 6.54 Å². The molecule has 1 N–H and O–H groups in total. The molecule has 0 aromatic rings. The van der Waals surface area contributed by atoms with Gasteiger partial charge in [0.1, 0.15) is 5.78 Å². The van der Waals surface area contributed by atoms with Gasteiger partial charge in [-0.2, -0.15) is 0 Å². The Hall–Kier alpha value is -0.860. The van der Waals surface area contributed by atoms with Crippen molar-refractivity contribution in [2.45, 2.75) is 32.6 Å². The molecule has 1 rings (SSSR count). The van der Waals surface area contributed by atoms with Crippen molar-refractivity contribution in [2.24, 2.45) is 5.92 Å². The van der Waals surface area contributed by atoms with E-state index in [4.69, 9.17) is 0 Å². The lowest BCUT2D eigenvalue weighted by Gasteiger charge is -2.25. The van der Waals surface area contributed by atoms with Gasteiger partial charge in [-0.05, 0) is 25.7 Å². The van der Waals surface area contributed by atoms with Crippen LogP contribution < -0.4 is 5.32 Å². The fourth-order valence-corrected chi connectivity index (χ4v) is 1.24. The van der Waals surface area contributed by atoms with Gasteiger partial charge in [-0.1, -0.05) is 6.42 Å². The lowest BCUT2D eigenvalue weighted by Crippen LogP contribution is -2.32. The molecule has 3 heteroatoms. The van der Waals surface area contributed by atoms with E-state index in [0.29, 0.717) is 5.92 Å². The van der Waals surface area contributed by atoms with Crippen molar-refractivity contribution in [3.8, 4) is 0 Å². The van der Waals surface area contributed by atoms with Gasteiger partial charge in [-0.3, -0.25) is 9.59 Å². The quantitative estimate of drug-likeness (QED) is 0.635. The molecule has 0 radical (unpaired) electrons. The van der Waals surface area contributed by atoms with Gasteiger partial charge in [0.25, 0.3) is 0 Å². The molecule has 0 aliphatic heterocycles. The van der Waals surface area contributed by atoms with Crippen molar-refractivity contribution in [1.29, 1.82) is 0 Å². The Labute approximate surface area is 72.5 Å². The molecule has 0 heterocycles. The van der Waals surface area contributed by atoms with E-state index in [9.17, 15) is 9.59 Å². The Morgan fingerprint density at radius 1 is 1.42 bits per heavy atom. The monoisotopic (exact) mass is 169 g/mol. The zero-order valence-corrected chi connectivity index (χ0v) is 7.43. The summed E-state index contributed by atoms with van der Waals surface area (Å²) in [6.45, 7) is 2.19. The Balaban J connectivity index is 2.05. The van der Waals surface area contributed by atoms with Crippen LogP contribution in [0.1, 0.15) is 32.6 Å². The Bertz CT molecular complexity index is 185. The highest BCUT2D eigenvalue weighted by molar-refractivity contribution is 5.96. The minimum atomic E-state index is -0.130. The number of carbonyl (C=O) groups excluding carboxylic acids is 2. The third-order valence-electron chi connectivity index (χ3n) is 2.22. The lowest BCUT2D eigenvalue weighted by atomic mass is 9.85. The van der Waals surface area contributed by atoms with Crippen molar-refractivity contribution in [1.82, 2.24) is 5.32 Å². The summed E-state index contributed by atoms with van der Waals surface area (Å²) in [5, 5.41) is 2.76. The van der Waals surface area contributed by atoms with Gasteiger partial charge < -0.3 is 5.32 Å². The zero-order valence-electron chi connectivity index (χ0n) is 7.43. The first-order chi connectivity index (χ1) is 5.68. The number of rotatable bonds is 4. The summed E-state index contributed by atoms with van der Waals surface area (Å²) in [7, 11) is 0. The fraction of sp³-hybridized carbons (Fsp3) is 0.778. The second kappa shape index (κ2) is 4.24. The summed E-state index contributed by atoms with van der Waals surface area (Å²) in [5.74, 6) is 0.469. The largest absolute Gasteiger partial charge is 0.355 e. The summed E-state index contributed by atoms with van der Waals surface area (Å²) in [6.07, 6.45) is 3.76. The summed E-state index contributed by atoms with van der Waals surface area (Å²) >= 11 is 0. The van der Waals surface area contributed by atoms with Crippen LogP contribution in [0.15, 0.2) is 0 Å². The zero-order chi connectivity index (χ0) is 8.97. The maximum atomic E-state index is 11.0. The molecule has 1 saturated carbocycles. The molecule has 1 amide bonds. The van der Waals surface area contributed by atoms with Crippen LogP contribution in [-0.4, -0.2) is 18.2 Å². The third kappa shape index (κ3) is 3.03. The van der Waals surface area contributed by atoms with Gasteiger partial charge in [0.15, 0.2) is 0 Å². The third-order valence-corrected chi connectivity index (χ3v) is 2.22. The van der Waals surface area contributed by atoms with Crippen LogP contribution in [0, 0.1) is 5.92 Å². The molecule has 0 atom stereocenters. The first-order valence-corrected chi connectivity index (χ1v) is 4.44. The topological polar surface area (TPSA) is 46.2 Å². The Morgan fingerprint density at radius 2 is 2.08 bits per heavy atom. The number of ketones is 1. The predicted molar refractivity (Wildman–Crippen MR) is 45.6 cm³/mol. The van der Waals surface area contributed by atoms with Crippen LogP contribution in [0.4, 0.5) is 0 Å². The van der Waals surface area contributed by atoms with E-state index < -0.39 is 0 Å².